The van der Waals surface area contributed by atoms with Crippen molar-refractivity contribution in [3.8, 4) is 0 Å². The van der Waals surface area contributed by atoms with Crippen LogP contribution in [-0.2, 0) is 28.0 Å². The van der Waals surface area contributed by atoms with Crippen molar-refractivity contribution < 1.29 is 26.6 Å². The SMILES string of the molecule is O=P1(OC2CCS(=O)(=O)CC2)OCCO1. The van der Waals surface area contributed by atoms with Crippen molar-refractivity contribution in [2.75, 3.05) is 24.7 Å². The summed E-state index contributed by atoms with van der Waals surface area (Å²) in [4.78, 5) is 0. The van der Waals surface area contributed by atoms with Gasteiger partial charge in [-0.2, -0.15) is 0 Å². The molecule has 0 N–H and O–H groups in total. The van der Waals surface area contributed by atoms with Crippen molar-refractivity contribution in [1.29, 1.82) is 0 Å². The fraction of sp³-hybridized carbons (Fsp3) is 1.00. The fourth-order valence-electron chi connectivity index (χ4n) is 1.55. The molecule has 0 aromatic rings. The first-order valence-corrected chi connectivity index (χ1v) is 8.05. The van der Waals surface area contributed by atoms with E-state index >= 15 is 0 Å². The lowest BCUT2D eigenvalue weighted by Gasteiger charge is -2.23. The number of sulfone groups is 1. The van der Waals surface area contributed by atoms with Gasteiger partial charge in [0.05, 0.1) is 30.8 Å². The van der Waals surface area contributed by atoms with E-state index in [1.54, 1.807) is 0 Å². The van der Waals surface area contributed by atoms with Crippen LogP contribution in [0.15, 0.2) is 0 Å². The summed E-state index contributed by atoms with van der Waals surface area (Å²) in [6, 6.07) is 0. The quantitative estimate of drug-likeness (QED) is 0.678. The summed E-state index contributed by atoms with van der Waals surface area (Å²) in [6.45, 7) is 0.532. The minimum atomic E-state index is -3.38. The van der Waals surface area contributed by atoms with Crippen LogP contribution in [-0.4, -0.2) is 39.2 Å². The zero-order valence-electron chi connectivity index (χ0n) is 8.12. The van der Waals surface area contributed by atoms with Gasteiger partial charge in [0.25, 0.3) is 0 Å². The molecule has 0 amide bonds. The Balaban J connectivity index is 1.89. The smallest absolute Gasteiger partial charge is 0.284 e. The second-order valence-corrected chi connectivity index (χ2v) is 7.50. The highest BCUT2D eigenvalue weighted by Crippen LogP contribution is 2.54. The Bertz CT molecular complexity index is 353. The highest BCUT2D eigenvalue weighted by molar-refractivity contribution is 7.91. The molecule has 2 rings (SSSR count). The molecule has 2 fully saturated rings. The molecule has 2 aliphatic heterocycles. The van der Waals surface area contributed by atoms with Crippen molar-refractivity contribution >= 4 is 17.7 Å². The van der Waals surface area contributed by atoms with Gasteiger partial charge in [-0.05, 0) is 12.8 Å². The minimum Gasteiger partial charge on any atom is -0.284 e. The lowest BCUT2D eigenvalue weighted by Crippen LogP contribution is -2.28. The topological polar surface area (TPSA) is 78.9 Å². The largest absolute Gasteiger partial charge is 0.475 e. The highest BCUT2D eigenvalue weighted by atomic mass is 32.2. The molecule has 0 aromatic heterocycles. The standard InChI is InChI=1S/C7H13O6PS/c8-14(11-3-4-12-14)13-7-1-5-15(9,10)6-2-7/h7H,1-6H2. The first-order valence-electron chi connectivity index (χ1n) is 4.77. The van der Waals surface area contributed by atoms with Crippen LogP contribution in [0.5, 0.6) is 0 Å². The molecule has 0 atom stereocenters. The molecule has 0 radical (unpaired) electrons. The number of phosphoric acid groups is 1. The van der Waals surface area contributed by atoms with Gasteiger partial charge in [-0.15, -0.1) is 0 Å². The molecule has 6 nitrogen and oxygen atoms in total. The van der Waals surface area contributed by atoms with Gasteiger partial charge in [-0.3, -0.25) is 13.6 Å². The van der Waals surface area contributed by atoms with Crippen LogP contribution in [0.4, 0.5) is 0 Å². The second-order valence-electron chi connectivity index (χ2n) is 3.57. The molecule has 2 heterocycles. The Hall–Kier alpha value is 0.0600. The van der Waals surface area contributed by atoms with E-state index in [2.05, 4.69) is 0 Å². The van der Waals surface area contributed by atoms with Crippen LogP contribution in [0.2, 0.25) is 0 Å². The summed E-state index contributed by atoms with van der Waals surface area (Å²) in [5, 5.41) is 0. The molecule has 0 bridgehead atoms. The van der Waals surface area contributed by atoms with E-state index in [1.165, 1.54) is 0 Å². The van der Waals surface area contributed by atoms with Gasteiger partial charge in [0.1, 0.15) is 0 Å². The Morgan fingerprint density at radius 1 is 1.13 bits per heavy atom. The summed E-state index contributed by atoms with van der Waals surface area (Å²) in [5.41, 5.74) is 0. The van der Waals surface area contributed by atoms with E-state index in [0.717, 1.165) is 0 Å². The minimum absolute atomic E-state index is 0.0810. The molecular formula is C7H13O6PS. The van der Waals surface area contributed by atoms with Crippen LogP contribution in [0.3, 0.4) is 0 Å². The van der Waals surface area contributed by atoms with Crippen LogP contribution in [0.25, 0.3) is 0 Å². The Kier molecular flexibility index (Phi) is 3.19. The van der Waals surface area contributed by atoms with E-state index in [9.17, 15) is 13.0 Å². The third-order valence-electron chi connectivity index (χ3n) is 2.36. The Morgan fingerprint density at radius 3 is 2.20 bits per heavy atom. The van der Waals surface area contributed by atoms with Gasteiger partial charge >= 0.3 is 7.82 Å². The van der Waals surface area contributed by atoms with E-state index in [0.29, 0.717) is 12.8 Å². The zero-order chi connectivity index (χ0) is 10.9. The van der Waals surface area contributed by atoms with Crippen molar-refractivity contribution in [1.82, 2.24) is 0 Å². The summed E-state index contributed by atoms with van der Waals surface area (Å²) < 4.78 is 48.8. The summed E-state index contributed by atoms with van der Waals surface area (Å²) >= 11 is 0. The average Bonchev–Trinajstić information content (AvgIpc) is 2.57. The molecular weight excluding hydrogens is 243 g/mol. The van der Waals surface area contributed by atoms with Gasteiger partial charge in [0, 0.05) is 0 Å². The highest BCUT2D eigenvalue weighted by Gasteiger charge is 2.37. The molecule has 2 saturated heterocycles. The second kappa shape index (κ2) is 4.14. The van der Waals surface area contributed by atoms with Gasteiger partial charge in [0.2, 0.25) is 0 Å². The monoisotopic (exact) mass is 256 g/mol. The van der Waals surface area contributed by atoms with E-state index in [1.807, 2.05) is 0 Å². The van der Waals surface area contributed by atoms with Gasteiger partial charge < -0.3 is 0 Å². The summed E-state index contributed by atoms with van der Waals surface area (Å²) in [6.07, 6.45) is 0.385. The molecule has 8 heteroatoms. The zero-order valence-corrected chi connectivity index (χ0v) is 9.84. The summed E-state index contributed by atoms with van der Waals surface area (Å²) in [5.74, 6) is 0.162. The first-order chi connectivity index (χ1) is 6.99. The fourth-order valence-corrected chi connectivity index (χ4v) is 4.37. The normalized spacial score (nSPS) is 30.4. The number of hydrogen-bond acceptors (Lipinski definition) is 6. The maximum atomic E-state index is 11.6. The van der Waals surface area contributed by atoms with Crippen LogP contribution in [0, 0.1) is 0 Å². The molecule has 0 aromatic carbocycles. The number of hydrogen-bond donors (Lipinski definition) is 0. The molecule has 2 aliphatic rings. The van der Waals surface area contributed by atoms with Gasteiger partial charge in [-0.25, -0.2) is 13.0 Å². The third-order valence-corrected chi connectivity index (χ3v) is 5.63. The maximum absolute atomic E-state index is 11.6. The lowest BCUT2D eigenvalue weighted by molar-refractivity contribution is 0.122. The lowest BCUT2D eigenvalue weighted by atomic mass is 10.2. The third kappa shape index (κ3) is 3.01. The molecule has 0 unspecified atom stereocenters. The predicted octanol–water partition coefficient (Wildman–Crippen LogP) is 0.735. The van der Waals surface area contributed by atoms with E-state index < -0.39 is 17.7 Å². The number of phosphoric ester groups is 1. The van der Waals surface area contributed by atoms with Crippen LogP contribution >= 0.6 is 7.82 Å². The van der Waals surface area contributed by atoms with E-state index in [-0.39, 0.29) is 30.8 Å². The predicted molar refractivity (Wildman–Crippen MR) is 52.3 cm³/mol. The molecule has 0 spiro atoms. The van der Waals surface area contributed by atoms with Crippen molar-refractivity contribution in [3.63, 3.8) is 0 Å². The van der Waals surface area contributed by atoms with Crippen LogP contribution < -0.4 is 0 Å². The molecule has 0 saturated carbocycles. The Labute approximate surface area is 88.4 Å². The Morgan fingerprint density at radius 2 is 1.67 bits per heavy atom. The molecule has 15 heavy (non-hydrogen) atoms. The van der Waals surface area contributed by atoms with Gasteiger partial charge in [0.15, 0.2) is 9.84 Å². The van der Waals surface area contributed by atoms with Crippen molar-refractivity contribution in [2.24, 2.45) is 0 Å². The van der Waals surface area contributed by atoms with E-state index in [4.69, 9.17) is 13.6 Å². The molecule has 0 aliphatic carbocycles. The van der Waals surface area contributed by atoms with Crippen molar-refractivity contribution in [3.05, 3.63) is 0 Å². The van der Waals surface area contributed by atoms with Crippen molar-refractivity contribution in [2.45, 2.75) is 18.9 Å². The van der Waals surface area contributed by atoms with Crippen LogP contribution in [0.1, 0.15) is 12.8 Å². The maximum Gasteiger partial charge on any atom is 0.475 e. The molecule has 88 valence electrons. The van der Waals surface area contributed by atoms with Gasteiger partial charge in [-0.1, -0.05) is 0 Å². The average molecular weight is 256 g/mol. The number of rotatable bonds is 2. The first kappa shape index (κ1) is 11.5. The summed E-state index contributed by atoms with van der Waals surface area (Å²) in [7, 11) is -6.30.